The van der Waals surface area contributed by atoms with Crippen molar-refractivity contribution in [2.24, 2.45) is 0 Å². The molecule has 4 nitrogen and oxygen atoms in total. The molecule has 0 aromatic carbocycles. The van der Waals surface area contributed by atoms with Gasteiger partial charge in [-0.25, -0.2) is 4.79 Å². The molecule has 1 atom stereocenters. The van der Waals surface area contributed by atoms with Crippen molar-refractivity contribution in [1.82, 2.24) is 4.98 Å². The van der Waals surface area contributed by atoms with Gasteiger partial charge < -0.3 is 9.84 Å². The Balaban J connectivity index is 2.65. The molecule has 1 aromatic heterocycles. The molecule has 0 aliphatic rings. The molecule has 0 saturated carbocycles. The average molecular weight is 167 g/mol. The Morgan fingerprint density at radius 2 is 2.42 bits per heavy atom. The molecule has 1 heterocycles. The molecule has 1 unspecified atom stereocenters. The molecule has 4 heteroatoms. The number of rotatable bonds is 2. The molecule has 1 rings (SSSR count). The van der Waals surface area contributed by atoms with Crippen LogP contribution in [0.1, 0.15) is 18.7 Å². The first-order valence-corrected chi connectivity index (χ1v) is 3.50. The highest BCUT2D eigenvalue weighted by Crippen LogP contribution is 2.12. The van der Waals surface area contributed by atoms with E-state index in [4.69, 9.17) is 5.11 Å². The fourth-order valence-corrected chi connectivity index (χ4v) is 0.828. The number of aromatic nitrogens is 1. The predicted molar refractivity (Wildman–Crippen MR) is 41.8 cm³/mol. The maximum atomic E-state index is 10.1. The van der Waals surface area contributed by atoms with Crippen LogP contribution in [0.15, 0.2) is 24.4 Å². The highest BCUT2D eigenvalue weighted by Gasteiger charge is 2.09. The van der Waals surface area contributed by atoms with E-state index in [-0.39, 0.29) is 0 Å². The third kappa shape index (κ3) is 2.23. The van der Waals surface area contributed by atoms with Gasteiger partial charge in [-0.1, -0.05) is 6.07 Å². The Kier molecular flexibility index (Phi) is 2.63. The van der Waals surface area contributed by atoms with E-state index in [1.54, 1.807) is 31.3 Å². The lowest BCUT2D eigenvalue weighted by Gasteiger charge is -2.08. The van der Waals surface area contributed by atoms with Crippen LogP contribution in [0.2, 0.25) is 0 Å². The largest absolute Gasteiger partial charge is 0.506 e. The first-order valence-electron chi connectivity index (χ1n) is 3.50. The third-order valence-corrected chi connectivity index (χ3v) is 1.38. The Labute approximate surface area is 69.8 Å². The third-order valence-electron chi connectivity index (χ3n) is 1.38. The normalized spacial score (nSPS) is 12.1. The molecule has 0 fully saturated rings. The van der Waals surface area contributed by atoms with Gasteiger partial charge in [-0.15, -0.1) is 0 Å². The van der Waals surface area contributed by atoms with Crippen LogP contribution in [-0.4, -0.2) is 16.2 Å². The summed E-state index contributed by atoms with van der Waals surface area (Å²) in [5, 5.41) is 8.30. The molecule has 64 valence electrons. The van der Waals surface area contributed by atoms with Gasteiger partial charge in [-0.3, -0.25) is 4.98 Å². The zero-order valence-electron chi connectivity index (χ0n) is 6.60. The van der Waals surface area contributed by atoms with E-state index < -0.39 is 12.3 Å². The number of pyridine rings is 1. The monoisotopic (exact) mass is 167 g/mol. The van der Waals surface area contributed by atoms with E-state index in [1.807, 2.05) is 0 Å². The van der Waals surface area contributed by atoms with Gasteiger partial charge in [-0.05, 0) is 19.1 Å². The number of hydrogen-bond acceptors (Lipinski definition) is 3. The van der Waals surface area contributed by atoms with Crippen LogP contribution in [-0.2, 0) is 4.74 Å². The van der Waals surface area contributed by atoms with Crippen LogP contribution in [0.25, 0.3) is 0 Å². The smallest absolute Gasteiger partial charge is 0.450 e. The molecule has 0 aliphatic carbocycles. The lowest BCUT2D eigenvalue weighted by atomic mass is 10.2. The summed E-state index contributed by atoms with van der Waals surface area (Å²) in [6.07, 6.45) is -0.200. The summed E-state index contributed by atoms with van der Waals surface area (Å²) in [6.45, 7) is 1.64. The van der Waals surface area contributed by atoms with Crippen molar-refractivity contribution in [3.05, 3.63) is 30.1 Å². The Morgan fingerprint density at radius 1 is 1.67 bits per heavy atom. The van der Waals surface area contributed by atoms with Crippen LogP contribution >= 0.6 is 0 Å². The molecule has 0 amide bonds. The SMILES string of the molecule is CC(OC(=O)O)c1ccccn1. The maximum Gasteiger partial charge on any atom is 0.506 e. The van der Waals surface area contributed by atoms with Crippen molar-refractivity contribution >= 4 is 6.16 Å². The second kappa shape index (κ2) is 3.71. The first kappa shape index (κ1) is 8.52. The summed E-state index contributed by atoms with van der Waals surface area (Å²) < 4.78 is 4.49. The predicted octanol–water partition coefficient (Wildman–Crippen LogP) is 1.84. The fraction of sp³-hybridized carbons (Fsp3) is 0.250. The van der Waals surface area contributed by atoms with Crippen LogP contribution < -0.4 is 0 Å². The number of carboxylic acid groups (broad SMARTS) is 1. The van der Waals surface area contributed by atoms with E-state index >= 15 is 0 Å². The zero-order valence-corrected chi connectivity index (χ0v) is 6.60. The van der Waals surface area contributed by atoms with Gasteiger partial charge in [0, 0.05) is 6.20 Å². The molecule has 0 bridgehead atoms. The summed E-state index contributed by atoms with van der Waals surface area (Å²) in [4.78, 5) is 14.1. The highest BCUT2D eigenvalue weighted by atomic mass is 16.7. The quantitative estimate of drug-likeness (QED) is 0.682. The van der Waals surface area contributed by atoms with Crippen molar-refractivity contribution < 1.29 is 14.6 Å². The Morgan fingerprint density at radius 3 is 2.92 bits per heavy atom. The standard InChI is InChI=1S/C8H9NO3/c1-6(12-8(10)11)7-4-2-3-5-9-7/h2-6H,1H3,(H,10,11). The molecule has 0 radical (unpaired) electrons. The van der Waals surface area contributed by atoms with Gasteiger partial charge >= 0.3 is 6.16 Å². The van der Waals surface area contributed by atoms with Crippen molar-refractivity contribution in [3.63, 3.8) is 0 Å². The van der Waals surface area contributed by atoms with Gasteiger partial charge in [0.15, 0.2) is 0 Å². The lowest BCUT2D eigenvalue weighted by molar-refractivity contribution is 0.0571. The topological polar surface area (TPSA) is 59.4 Å². The van der Waals surface area contributed by atoms with Gasteiger partial charge in [0.05, 0.1) is 5.69 Å². The van der Waals surface area contributed by atoms with E-state index in [0.717, 1.165) is 0 Å². The van der Waals surface area contributed by atoms with Crippen LogP contribution in [0.5, 0.6) is 0 Å². The number of nitrogens with zero attached hydrogens (tertiary/aromatic N) is 1. The highest BCUT2D eigenvalue weighted by molar-refractivity contribution is 5.57. The maximum absolute atomic E-state index is 10.1. The molecule has 1 N–H and O–H groups in total. The number of ether oxygens (including phenoxy) is 1. The molecule has 0 aliphatic heterocycles. The molecular weight excluding hydrogens is 158 g/mol. The number of carbonyl (C=O) groups is 1. The van der Waals surface area contributed by atoms with Crippen LogP contribution in [0.4, 0.5) is 4.79 Å². The van der Waals surface area contributed by atoms with E-state index in [9.17, 15) is 4.79 Å². The van der Waals surface area contributed by atoms with Crippen LogP contribution in [0.3, 0.4) is 0 Å². The number of hydrogen-bond donors (Lipinski definition) is 1. The van der Waals surface area contributed by atoms with Gasteiger partial charge in [0.25, 0.3) is 0 Å². The van der Waals surface area contributed by atoms with Crippen molar-refractivity contribution in [2.45, 2.75) is 13.0 Å². The summed E-state index contributed by atoms with van der Waals surface area (Å²) in [7, 11) is 0. The molecule has 0 saturated heterocycles. The summed E-state index contributed by atoms with van der Waals surface area (Å²) in [5.74, 6) is 0. The van der Waals surface area contributed by atoms with Gasteiger partial charge in [0.2, 0.25) is 0 Å². The second-order valence-corrected chi connectivity index (χ2v) is 2.28. The van der Waals surface area contributed by atoms with Crippen molar-refractivity contribution in [2.75, 3.05) is 0 Å². The minimum Gasteiger partial charge on any atom is -0.450 e. The summed E-state index contributed by atoms with van der Waals surface area (Å²) >= 11 is 0. The second-order valence-electron chi connectivity index (χ2n) is 2.28. The Hall–Kier alpha value is -1.58. The van der Waals surface area contributed by atoms with Crippen molar-refractivity contribution in [1.29, 1.82) is 0 Å². The van der Waals surface area contributed by atoms with Gasteiger partial charge in [-0.2, -0.15) is 0 Å². The molecular formula is C8H9NO3. The molecule has 12 heavy (non-hydrogen) atoms. The molecule has 1 aromatic rings. The molecule has 0 spiro atoms. The fourth-order valence-electron chi connectivity index (χ4n) is 0.828. The van der Waals surface area contributed by atoms with Crippen LogP contribution in [0, 0.1) is 0 Å². The van der Waals surface area contributed by atoms with E-state index in [2.05, 4.69) is 9.72 Å². The first-order chi connectivity index (χ1) is 5.70. The lowest BCUT2D eigenvalue weighted by Crippen LogP contribution is -2.06. The Bertz CT molecular complexity index is 260. The van der Waals surface area contributed by atoms with E-state index in [0.29, 0.717) is 5.69 Å². The summed E-state index contributed by atoms with van der Waals surface area (Å²) in [6, 6.07) is 5.26. The zero-order chi connectivity index (χ0) is 8.97. The van der Waals surface area contributed by atoms with Crippen molar-refractivity contribution in [3.8, 4) is 0 Å². The average Bonchev–Trinajstić information content (AvgIpc) is 2.05. The summed E-state index contributed by atoms with van der Waals surface area (Å²) in [5.41, 5.74) is 0.611. The minimum atomic E-state index is -1.28. The minimum absolute atomic E-state index is 0.510. The van der Waals surface area contributed by atoms with E-state index in [1.165, 1.54) is 0 Å². The van der Waals surface area contributed by atoms with Gasteiger partial charge in [0.1, 0.15) is 6.10 Å².